The Bertz CT molecular complexity index is 159. The van der Waals surface area contributed by atoms with Crippen LogP contribution in [-0.2, 0) is 4.79 Å². The third-order valence-electron chi connectivity index (χ3n) is 1.04. The van der Waals surface area contributed by atoms with E-state index in [0.717, 1.165) is 0 Å². The van der Waals surface area contributed by atoms with Gasteiger partial charge in [-0.1, -0.05) is 32.6 Å². The van der Waals surface area contributed by atoms with E-state index in [1.54, 1.807) is 0 Å². The Kier molecular flexibility index (Phi) is 5.17. The number of hydrogen-bond acceptors (Lipinski definition) is 1. The van der Waals surface area contributed by atoms with Crippen molar-refractivity contribution in [3.8, 4) is 0 Å². The van der Waals surface area contributed by atoms with Gasteiger partial charge >= 0.3 is 0 Å². The summed E-state index contributed by atoms with van der Waals surface area (Å²) in [5.41, 5.74) is 0. The van der Waals surface area contributed by atoms with Crippen molar-refractivity contribution in [3.05, 3.63) is 24.8 Å². The lowest BCUT2D eigenvalue weighted by Gasteiger charge is -2.03. The molecule has 1 N–H and O–H groups in total. The number of hydrogen-bond donors (Lipinski definition) is 1. The monoisotopic (exact) mass is 152 g/mol. The minimum absolute atomic E-state index is 0.0969. The molecule has 0 unspecified atom stereocenters. The Morgan fingerprint density at radius 2 is 2.27 bits per heavy atom. The van der Waals surface area contributed by atoms with Gasteiger partial charge in [0, 0.05) is 12.6 Å². The van der Waals surface area contributed by atoms with Crippen LogP contribution in [-0.4, -0.2) is 12.5 Å². The molecular weight excluding hydrogens is 138 g/mol. The molecule has 1 amide bonds. The molecule has 1 radical (unpaired) electrons. The van der Waals surface area contributed by atoms with E-state index in [9.17, 15) is 4.79 Å². The van der Waals surface area contributed by atoms with Gasteiger partial charge in [0.05, 0.1) is 0 Å². The molecule has 0 aromatic carbocycles. The lowest BCUT2D eigenvalue weighted by molar-refractivity contribution is -0.116. The summed E-state index contributed by atoms with van der Waals surface area (Å²) in [4.78, 5) is 10.8. The molecule has 0 aromatic heterocycles. The zero-order chi connectivity index (χ0) is 8.69. The predicted octanol–water partition coefficient (Wildman–Crippen LogP) is 1.30. The van der Waals surface area contributed by atoms with E-state index in [-0.39, 0.29) is 5.91 Å². The summed E-state index contributed by atoms with van der Waals surface area (Å²) in [6.07, 6.45) is 4.24. The van der Waals surface area contributed by atoms with Gasteiger partial charge in [0.1, 0.15) is 0 Å². The molecule has 0 atom stereocenters. The van der Waals surface area contributed by atoms with Crippen LogP contribution in [0.3, 0.4) is 0 Å². The van der Waals surface area contributed by atoms with Crippen LogP contribution in [0.1, 0.15) is 13.8 Å². The van der Waals surface area contributed by atoms with Gasteiger partial charge in [-0.05, 0) is 5.92 Å². The molecule has 0 fully saturated rings. The first-order valence-corrected chi connectivity index (χ1v) is 3.66. The fourth-order valence-electron chi connectivity index (χ4n) is 0.507. The average molecular weight is 152 g/mol. The Balaban J connectivity index is 3.53. The van der Waals surface area contributed by atoms with Crippen LogP contribution in [0, 0.1) is 12.5 Å². The summed E-state index contributed by atoms with van der Waals surface area (Å²) >= 11 is 0. The van der Waals surface area contributed by atoms with Crippen LogP contribution >= 0.6 is 0 Å². The van der Waals surface area contributed by atoms with Crippen molar-refractivity contribution in [2.75, 3.05) is 6.54 Å². The second-order valence-electron chi connectivity index (χ2n) is 2.69. The molecule has 61 valence electrons. The van der Waals surface area contributed by atoms with Crippen molar-refractivity contribution in [2.45, 2.75) is 13.8 Å². The van der Waals surface area contributed by atoms with E-state index < -0.39 is 0 Å². The maximum atomic E-state index is 10.8. The third-order valence-corrected chi connectivity index (χ3v) is 1.04. The van der Waals surface area contributed by atoms with Crippen molar-refractivity contribution in [1.82, 2.24) is 5.32 Å². The van der Waals surface area contributed by atoms with E-state index >= 15 is 0 Å². The SMILES string of the molecule is [CH]=C/C=C/C(=O)NCC(C)C. The van der Waals surface area contributed by atoms with Crippen molar-refractivity contribution in [1.29, 1.82) is 0 Å². The zero-order valence-corrected chi connectivity index (χ0v) is 7.00. The van der Waals surface area contributed by atoms with Crippen LogP contribution in [0.5, 0.6) is 0 Å². The summed E-state index contributed by atoms with van der Waals surface area (Å²) in [7, 11) is 0. The van der Waals surface area contributed by atoms with Gasteiger partial charge in [-0.3, -0.25) is 4.79 Å². The highest BCUT2D eigenvalue weighted by Crippen LogP contribution is 1.86. The number of carbonyl (C=O) groups excluding carboxylic acids is 1. The lowest BCUT2D eigenvalue weighted by Crippen LogP contribution is -2.25. The van der Waals surface area contributed by atoms with Gasteiger partial charge in [0.25, 0.3) is 0 Å². The summed E-state index contributed by atoms with van der Waals surface area (Å²) in [5, 5.41) is 2.72. The van der Waals surface area contributed by atoms with Gasteiger partial charge in [-0.15, -0.1) is 0 Å². The minimum atomic E-state index is -0.0969. The highest BCUT2D eigenvalue weighted by atomic mass is 16.1. The molecule has 11 heavy (non-hydrogen) atoms. The molecule has 2 nitrogen and oxygen atoms in total. The highest BCUT2D eigenvalue weighted by Gasteiger charge is 1.95. The van der Waals surface area contributed by atoms with Crippen LogP contribution in [0.2, 0.25) is 0 Å². The molecule has 0 aliphatic carbocycles. The molecule has 0 rings (SSSR count). The lowest BCUT2D eigenvalue weighted by atomic mass is 10.2. The second kappa shape index (κ2) is 5.71. The Labute approximate surface area is 68.0 Å². The van der Waals surface area contributed by atoms with Crippen LogP contribution in [0.4, 0.5) is 0 Å². The van der Waals surface area contributed by atoms with E-state index in [0.29, 0.717) is 12.5 Å². The molecule has 2 heteroatoms. The normalized spacial score (nSPS) is 10.5. The first kappa shape index (κ1) is 9.95. The molecule has 0 saturated heterocycles. The second-order valence-corrected chi connectivity index (χ2v) is 2.69. The molecular formula is C9H14NO. The Morgan fingerprint density at radius 3 is 2.73 bits per heavy atom. The number of rotatable bonds is 4. The topological polar surface area (TPSA) is 29.1 Å². The maximum absolute atomic E-state index is 10.8. The van der Waals surface area contributed by atoms with Gasteiger partial charge in [-0.2, -0.15) is 0 Å². The molecule has 0 aliphatic heterocycles. The zero-order valence-electron chi connectivity index (χ0n) is 7.00. The number of carbonyl (C=O) groups is 1. The molecule has 0 spiro atoms. The van der Waals surface area contributed by atoms with E-state index in [1.165, 1.54) is 18.2 Å². The first-order chi connectivity index (χ1) is 5.16. The highest BCUT2D eigenvalue weighted by molar-refractivity contribution is 5.87. The first-order valence-electron chi connectivity index (χ1n) is 3.66. The quantitative estimate of drug-likeness (QED) is 0.477. The van der Waals surface area contributed by atoms with Gasteiger partial charge in [0.2, 0.25) is 5.91 Å². The predicted molar refractivity (Wildman–Crippen MR) is 45.9 cm³/mol. The molecule has 0 bridgehead atoms. The van der Waals surface area contributed by atoms with Crippen LogP contribution < -0.4 is 5.32 Å². The Morgan fingerprint density at radius 1 is 1.64 bits per heavy atom. The fraction of sp³-hybridized carbons (Fsp3) is 0.444. The largest absolute Gasteiger partial charge is 0.352 e. The summed E-state index contributed by atoms with van der Waals surface area (Å²) < 4.78 is 0. The smallest absolute Gasteiger partial charge is 0.243 e. The number of amides is 1. The molecule has 0 saturated carbocycles. The van der Waals surface area contributed by atoms with Crippen molar-refractivity contribution in [2.24, 2.45) is 5.92 Å². The van der Waals surface area contributed by atoms with E-state index in [4.69, 9.17) is 6.58 Å². The van der Waals surface area contributed by atoms with E-state index in [2.05, 4.69) is 5.32 Å². The molecule has 0 aromatic rings. The van der Waals surface area contributed by atoms with Crippen molar-refractivity contribution in [3.63, 3.8) is 0 Å². The Hall–Kier alpha value is -1.05. The molecule has 0 aliphatic rings. The minimum Gasteiger partial charge on any atom is -0.352 e. The average Bonchev–Trinajstić information content (AvgIpc) is 1.97. The number of allylic oxidation sites excluding steroid dienone is 2. The summed E-state index contributed by atoms with van der Waals surface area (Å²) in [6.45, 7) is 9.82. The van der Waals surface area contributed by atoms with Crippen molar-refractivity contribution >= 4 is 5.91 Å². The van der Waals surface area contributed by atoms with Crippen LogP contribution in [0.15, 0.2) is 18.2 Å². The summed E-state index contributed by atoms with van der Waals surface area (Å²) in [5.74, 6) is 0.384. The standard InChI is InChI=1S/C9H14NO/c1-4-5-6-9(11)10-7-8(2)3/h1,4-6,8H,7H2,2-3H3,(H,10,11)/b4-1?,6-5+. The maximum Gasteiger partial charge on any atom is 0.243 e. The van der Waals surface area contributed by atoms with Gasteiger partial charge < -0.3 is 5.32 Å². The van der Waals surface area contributed by atoms with E-state index in [1.807, 2.05) is 13.8 Å². The van der Waals surface area contributed by atoms with Crippen molar-refractivity contribution < 1.29 is 4.79 Å². The molecule has 0 heterocycles. The van der Waals surface area contributed by atoms with Crippen LogP contribution in [0.25, 0.3) is 0 Å². The van der Waals surface area contributed by atoms with Gasteiger partial charge in [0.15, 0.2) is 0 Å². The third kappa shape index (κ3) is 6.84. The number of nitrogens with one attached hydrogen (secondary N) is 1. The van der Waals surface area contributed by atoms with Gasteiger partial charge in [-0.25, -0.2) is 0 Å². The fourth-order valence-corrected chi connectivity index (χ4v) is 0.507. The summed E-state index contributed by atoms with van der Waals surface area (Å²) in [6, 6.07) is 0.